The van der Waals surface area contributed by atoms with Gasteiger partial charge in [-0.1, -0.05) is 0 Å². The van der Waals surface area contributed by atoms with Gasteiger partial charge in [0, 0.05) is 18.8 Å². The molecule has 26 heavy (non-hydrogen) atoms. The van der Waals surface area contributed by atoms with Crippen molar-refractivity contribution in [1.29, 1.82) is 10.5 Å². The van der Waals surface area contributed by atoms with Gasteiger partial charge >= 0.3 is 0 Å². The summed E-state index contributed by atoms with van der Waals surface area (Å²) in [6.45, 7) is 4.46. The molecule has 0 radical (unpaired) electrons. The van der Waals surface area contributed by atoms with Crippen LogP contribution in [-0.4, -0.2) is 36.5 Å². The zero-order chi connectivity index (χ0) is 19.1. The Balaban J connectivity index is 2.30. The third-order valence-electron chi connectivity index (χ3n) is 3.88. The highest BCUT2D eigenvalue weighted by Crippen LogP contribution is 2.36. The van der Waals surface area contributed by atoms with Crippen molar-refractivity contribution in [3.63, 3.8) is 0 Å². The van der Waals surface area contributed by atoms with Crippen molar-refractivity contribution < 1.29 is 10.2 Å². The van der Waals surface area contributed by atoms with E-state index < -0.39 is 0 Å². The molecule has 0 unspecified atom stereocenters. The summed E-state index contributed by atoms with van der Waals surface area (Å²) in [6.07, 6.45) is 0. The van der Waals surface area contributed by atoms with E-state index in [-0.39, 0.29) is 13.2 Å². The molecule has 0 saturated carbocycles. The lowest BCUT2D eigenvalue weighted by molar-refractivity contribution is 0.281. The van der Waals surface area contributed by atoms with Crippen LogP contribution in [0.2, 0.25) is 0 Å². The molecule has 1 aromatic carbocycles. The first kappa shape index (κ1) is 19.5. The van der Waals surface area contributed by atoms with E-state index in [1.54, 1.807) is 13.0 Å². The van der Waals surface area contributed by atoms with Crippen LogP contribution in [0.4, 0.5) is 16.4 Å². The van der Waals surface area contributed by atoms with Gasteiger partial charge in [0.05, 0.1) is 24.5 Å². The van der Waals surface area contributed by atoms with Crippen molar-refractivity contribution in [3.05, 3.63) is 39.8 Å². The van der Waals surface area contributed by atoms with E-state index in [4.69, 9.17) is 15.5 Å². The maximum absolute atomic E-state index is 9.26. The highest BCUT2D eigenvalue weighted by atomic mass is 32.1. The Hall–Kier alpha value is -2.78. The molecule has 2 aromatic rings. The molecular weight excluding hydrogens is 350 g/mol. The Labute approximate surface area is 156 Å². The maximum Gasteiger partial charge on any atom is 0.158 e. The molecule has 0 aliphatic rings. The van der Waals surface area contributed by atoms with Crippen LogP contribution in [0.5, 0.6) is 0 Å². The van der Waals surface area contributed by atoms with Gasteiger partial charge in [0.25, 0.3) is 0 Å². The molecule has 134 valence electrons. The smallest absolute Gasteiger partial charge is 0.158 e. The molecule has 0 atom stereocenters. The van der Waals surface area contributed by atoms with Crippen molar-refractivity contribution in [3.8, 4) is 12.1 Å². The van der Waals surface area contributed by atoms with Gasteiger partial charge in [-0.2, -0.15) is 10.5 Å². The number of aliphatic hydroxyl groups excluding tert-OH is 2. The van der Waals surface area contributed by atoms with Crippen molar-refractivity contribution in [2.24, 2.45) is 10.2 Å². The number of nitriles is 2. The third kappa shape index (κ3) is 4.24. The highest BCUT2D eigenvalue weighted by molar-refractivity contribution is 7.16. The number of hydrogen-bond acceptors (Lipinski definition) is 8. The number of nitrogens with zero attached hydrogens (tertiary/aromatic N) is 5. The van der Waals surface area contributed by atoms with Crippen LogP contribution in [0.25, 0.3) is 0 Å². The highest BCUT2D eigenvalue weighted by Gasteiger charge is 2.14. The van der Waals surface area contributed by atoms with Crippen molar-refractivity contribution in [2.45, 2.75) is 13.8 Å². The summed E-state index contributed by atoms with van der Waals surface area (Å²) in [6, 6.07) is 9.69. The first-order chi connectivity index (χ1) is 12.5. The molecule has 2 rings (SSSR count). The minimum absolute atomic E-state index is 0.00357. The Kier molecular flexibility index (Phi) is 6.81. The second kappa shape index (κ2) is 9.07. The molecule has 2 N–H and O–H groups in total. The second-order valence-corrected chi connectivity index (χ2v) is 6.56. The van der Waals surface area contributed by atoms with Crippen LogP contribution in [0.15, 0.2) is 28.4 Å². The summed E-state index contributed by atoms with van der Waals surface area (Å²) in [5.74, 6) is 0. The van der Waals surface area contributed by atoms with Gasteiger partial charge in [-0.3, -0.25) is 0 Å². The zero-order valence-electron chi connectivity index (χ0n) is 14.6. The molecular formula is C18H19N5O2S. The Morgan fingerprint density at radius 3 is 2.31 bits per heavy atom. The van der Waals surface area contributed by atoms with Crippen molar-refractivity contribution >= 4 is 27.7 Å². The van der Waals surface area contributed by atoms with E-state index in [0.29, 0.717) is 39.8 Å². The van der Waals surface area contributed by atoms with Crippen molar-refractivity contribution in [2.75, 3.05) is 31.2 Å². The SMILES string of the molecule is Cc1cc(N(CCO)CCO)ccc1/N=N/c1sc(C#N)c(C)c1C#N. The Bertz CT molecular complexity index is 886. The minimum atomic E-state index is -0.00357. The Morgan fingerprint density at radius 2 is 1.77 bits per heavy atom. The van der Waals surface area contributed by atoms with E-state index in [1.807, 2.05) is 24.0 Å². The number of aliphatic hydroxyl groups is 2. The second-order valence-electron chi connectivity index (χ2n) is 5.56. The standard InChI is InChI=1S/C18H19N5O2S/c1-12-9-14(23(5-7-24)6-8-25)3-4-16(12)21-22-18-15(10-19)13(2)17(11-20)26-18/h3-4,9,24-25H,5-8H2,1-2H3/b22-21+. The summed E-state index contributed by atoms with van der Waals surface area (Å²) in [7, 11) is 0. The van der Waals surface area contributed by atoms with E-state index in [2.05, 4.69) is 22.4 Å². The summed E-state index contributed by atoms with van der Waals surface area (Å²) in [4.78, 5) is 2.34. The minimum Gasteiger partial charge on any atom is -0.395 e. The molecule has 8 heteroatoms. The molecule has 0 amide bonds. The van der Waals surface area contributed by atoms with E-state index in [1.165, 1.54) is 0 Å². The fourth-order valence-electron chi connectivity index (χ4n) is 2.47. The number of thiophene rings is 1. The van der Waals surface area contributed by atoms with Crippen LogP contribution >= 0.6 is 11.3 Å². The molecule has 0 spiro atoms. The van der Waals surface area contributed by atoms with E-state index in [9.17, 15) is 5.26 Å². The fourth-order valence-corrected chi connectivity index (χ4v) is 3.34. The van der Waals surface area contributed by atoms with Crippen LogP contribution in [0.3, 0.4) is 0 Å². The normalized spacial score (nSPS) is 10.7. The van der Waals surface area contributed by atoms with E-state index >= 15 is 0 Å². The monoisotopic (exact) mass is 369 g/mol. The average Bonchev–Trinajstić information content (AvgIpc) is 2.95. The number of hydrogen-bond donors (Lipinski definition) is 2. The van der Waals surface area contributed by atoms with Crippen LogP contribution in [0, 0.1) is 36.5 Å². The zero-order valence-corrected chi connectivity index (χ0v) is 15.4. The lowest BCUT2D eigenvalue weighted by Gasteiger charge is -2.23. The van der Waals surface area contributed by atoms with Gasteiger partial charge in [0.2, 0.25) is 0 Å². The molecule has 1 heterocycles. The first-order valence-electron chi connectivity index (χ1n) is 7.98. The number of benzene rings is 1. The molecule has 0 aliphatic carbocycles. The van der Waals surface area contributed by atoms with Crippen LogP contribution in [0.1, 0.15) is 21.6 Å². The third-order valence-corrected chi connectivity index (χ3v) is 4.96. The summed E-state index contributed by atoms with van der Waals surface area (Å²) >= 11 is 1.15. The number of rotatable bonds is 7. The molecule has 1 aromatic heterocycles. The largest absolute Gasteiger partial charge is 0.395 e. The van der Waals surface area contributed by atoms with Crippen LogP contribution in [-0.2, 0) is 0 Å². The Morgan fingerprint density at radius 1 is 1.08 bits per heavy atom. The molecule has 0 fully saturated rings. The topological polar surface area (TPSA) is 116 Å². The fraction of sp³-hybridized carbons (Fsp3) is 0.333. The number of azo groups is 1. The van der Waals surface area contributed by atoms with Gasteiger partial charge in [0.15, 0.2) is 5.00 Å². The van der Waals surface area contributed by atoms with Gasteiger partial charge in [0.1, 0.15) is 17.0 Å². The molecule has 0 bridgehead atoms. The van der Waals surface area contributed by atoms with Gasteiger partial charge in [-0.25, -0.2) is 0 Å². The summed E-state index contributed by atoms with van der Waals surface area (Å²) in [5, 5.41) is 45.5. The van der Waals surface area contributed by atoms with Gasteiger partial charge in [-0.05, 0) is 43.2 Å². The van der Waals surface area contributed by atoms with Gasteiger partial charge < -0.3 is 15.1 Å². The predicted molar refractivity (Wildman–Crippen MR) is 100 cm³/mol. The maximum atomic E-state index is 9.26. The number of anilines is 1. The van der Waals surface area contributed by atoms with Gasteiger partial charge in [-0.15, -0.1) is 21.6 Å². The summed E-state index contributed by atoms with van der Waals surface area (Å²) in [5.41, 5.74) is 3.40. The number of aryl methyl sites for hydroxylation is 1. The van der Waals surface area contributed by atoms with E-state index in [0.717, 1.165) is 22.6 Å². The first-order valence-corrected chi connectivity index (χ1v) is 8.80. The lowest BCUT2D eigenvalue weighted by Crippen LogP contribution is -2.29. The van der Waals surface area contributed by atoms with Crippen LogP contribution < -0.4 is 4.90 Å². The molecule has 0 aliphatic heterocycles. The van der Waals surface area contributed by atoms with Crippen molar-refractivity contribution in [1.82, 2.24) is 0 Å². The average molecular weight is 369 g/mol. The molecule has 7 nitrogen and oxygen atoms in total. The lowest BCUT2D eigenvalue weighted by atomic mass is 10.1. The quantitative estimate of drug-likeness (QED) is 0.726. The molecule has 0 saturated heterocycles. The summed E-state index contributed by atoms with van der Waals surface area (Å²) < 4.78 is 0. The predicted octanol–water partition coefficient (Wildman–Crippen LogP) is 3.31.